The van der Waals surface area contributed by atoms with Crippen LogP contribution >= 0.6 is 0 Å². The Bertz CT molecular complexity index is 954. The van der Waals surface area contributed by atoms with E-state index in [1.807, 2.05) is 14.5 Å². The number of aryl methyl sites for hydroxylation is 1. The number of phenolic OH excluding ortho intramolecular Hbond substituents is 1. The van der Waals surface area contributed by atoms with Crippen molar-refractivity contribution in [1.29, 1.82) is 0 Å². The maximum atomic E-state index is 12.3. The molecule has 0 spiro atoms. The van der Waals surface area contributed by atoms with E-state index in [0.717, 1.165) is 7.64 Å². The van der Waals surface area contributed by atoms with Gasteiger partial charge in [0, 0.05) is 0 Å². The zero-order valence-electron chi connectivity index (χ0n) is 11.6. The van der Waals surface area contributed by atoms with Crippen molar-refractivity contribution in [3.05, 3.63) is 51.4 Å². The minimum absolute atomic E-state index is 0.252. The summed E-state index contributed by atoms with van der Waals surface area (Å²) in [6.07, 6.45) is 1.60. The Morgan fingerprint density at radius 3 is 2.57 bits per heavy atom. The van der Waals surface area contributed by atoms with E-state index in [1.165, 1.54) is 11.6 Å². The van der Waals surface area contributed by atoms with Gasteiger partial charge in [0.25, 0.3) is 0 Å². The molecule has 1 aromatic carbocycles. The van der Waals surface area contributed by atoms with E-state index in [2.05, 4.69) is 4.98 Å². The van der Waals surface area contributed by atoms with Gasteiger partial charge in [0.1, 0.15) is 0 Å². The second kappa shape index (κ2) is 5.14. The first-order valence-corrected chi connectivity index (χ1v) is 11.6. The van der Waals surface area contributed by atoms with Gasteiger partial charge >= 0.3 is 132 Å². The van der Waals surface area contributed by atoms with Crippen LogP contribution in [0, 0.1) is 0 Å². The molecule has 104 valence electrons. The maximum absolute atomic E-state index is 12.3. The first-order valence-electron chi connectivity index (χ1n) is 6.38. The Labute approximate surface area is 132 Å². The van der Waals surface area contributed by atoms with Crippen LogP contribution in [-0.2, 0) is 39.0 Å². The SMILES string of the molecule is Cn1c(=O)c2c(nc[n]2[Hg][c]2ccccc2O)n(C)c1=O. The van der Waals surface area contributed by atoms with Crippen molar-refractivity contribution in [2.24, 2.45) is 14.1 Å². The molecule has 2 heterocycles. The molecule has 8 heteroatoms. The summed E-state index contributed by atoms with van der Waals surface area (Å²) in [7, 11) is 3.05. The van der Waals surface area contributed by atoms with E-state index in [1.54, 1.807) is 25.5 Å². The summed E-state index contributed by atoms with van der Waals surface area (Å²) in [5.41, 5.74) is 0.0843. The van der Waals surface area contributed by atoms with Crippen LogP contribution < -0.4 is 14.3 Å². The van der Waals surface area contributed by atoms with Gasteiger partial charge in [0.15, 0.2) is 0 Å². The molecule has 1 N–H and O–H groups in total. The summed E-state index contributed by atoms with van der Waals surface area (Å²) in [5, 5.41) is 9.89. The Balaban J connectivity index is 2.24. The Hall–Kier alpha value is -1.89. The van der Waals surface area contributed by atoms with Crippen molar-refractivity contribution in [2.75, 3.05) is 0 Å². The van der Waals surface area contributed by atoms with E-state index in [0.29, 0.717) is 11.2 Å². The molecular weight excluding hydrogens is 461 g/mol. The van der Waals surface area contributed by atoms with Crippen molar-refractivity contribution in [3.8, 4) is 5.75 Å². The summed E-state index contributed by atoms with van der Waals surface area (Å²) in [6, 6.07) is 7.14. The summed E-state index contributed by atoms with van der Waals surface area (Å²) >= 11 is -1.99. The number of benzene rings is 1. The molecule has 0 fully saturated rings. The summed E-state index contributed by atoms with van der Waals surface area (Å²) in [4.78, 5) is 28.4. The number of aromatic hydroxyl groups is 1. The van der Waals surface area contributed by atoms with Gasteiger partial charge in [-0.3, -0.25) is 0 Å². The van der Waals surface area contributed by atoms with Crippen LogP contribution in [0.4, 0.5) is 0 Å². The zero-order chi connectivity index (χ0) is 15.1. The normalized spacial score (nSPS) is 10.8. The predicted octanol–water partition coefficient (Wildman–Crippen LogP) is -0.690. The third-order valence-corrected chi connectivity index (χ3v) is 10.4. The number of hydrogen-bond donors (Lipinski definition) is 1. The van der Waals surface area contributed by atoms with Gasteiger partial charge in [-0.2, -0.15) is 0 Å². The fourth-order valence-electron chi connectivity index (χ4n) is 2.34. The molecule has 0 aliphatic heterocycles. The standard InChI is InChI=1S/C7H8N4O2.C6H5O.Hg/c1-10-5-4(8-3-9-5)6(12)11(2)7(10)13;7-6-4-2-1-3-5-6;/h3H,1-2H3,(H,8,9,12);1-4,7H;/q;;+1/p-1. The molecule has 21 heavy (non-hydrogen) atoms. The average molecular weight is 473 g/mol. The van der Waals surface area contributed by atoms with E-state index in [-0.39, 0.29) is 11.3 Å². The molecule has 0 saturated carbocycles. The Morgan fingerprint density at radius 2 is 1.86 bits per heavy atom. The van der Waals surface area contributed by atoms with Crippen LogP contribution in [0.5, 0.6) is 5.75 Å². The van der Waals surface area contributed by atoms with Gasteiger partial charge in [-0.25, -0.2) is 0 Å². The molecule has 0 radical (unpaired) electrons. The van der Waals surface area contributed by atoms with Crippen molar-refractivity contribution in [1.82, 2.24) is 16.4 Å². The zero-order valence-corrected chi connectivity index (χ0v) is 17.1. The Morgan fingerprint density at radius 1 is 1.14 bits per heavy atom. The third kappa shape index (κ3) is 2.21. The molecule has 2 aromatic heterocycles. The van der Waals surface area contributed by atoms with Crippen molar-refractivity contribution < 1.29 is 30.0 Å². The van der Waals surface area contributed by atoms with E-state index >= 15 is 0 Å². The number of phenols is 1. The summed E-state index contributed by atoms with van der Waals surface area (Å²) in [6.45, 7) is 0. The second-order valence-electron chi connectivity index (χ2n) is 4.88. The Kier molecular flexibility index (Phi) is 3.44. The number of aromatic nitrogens is 4. The first-order chi connectivity index (χ1) is 10.0. The van der Waals surface area contributed by atoms with Gasteiger partial charge in [-0.05, 0) is 0 Å². The first kappa shape index (κ1) is 14.1. The molecule has 0 atom stereocenters. The topological polar surface area (TPSA) is 82.0 Å². The predicted molar refractivity (Wildman–Crippen MR) is 73.4 cm³/mol. The second-order valence-corrected chi connectivity index (χ2v) is 11.7. The molecule has 0 unspecified atom stereocenters. The van der Waals surface area contributed by atoms with Crippen LogP contribution in [0.25, 0.3) is 11.2 Å². The monoisotopic (exact) mass is 474 g/mol. The third-order valence-electron chi connectivity index (χ3n) is 3.55. The number of para-hydroxylation sites is 1. The fraction of sp³-hybridized carbons (Fsp3) is 0.154. The number of hydrogen-bond acceptors (Lipinski definition) is 4. The molecule has 7 nitrogen and oxygen atoms in total. The molecule has 0 amide bonds. The molecule has 0 saturated heterocycles. The molecule has 3 aromatic rings. The van der Waals surface area contributed by atoms with E-state index < -0.39 is 30.6 Å². The molecular formula is C13H12HgN4O3. The molecule has 0 bridgehead atoms. The summed E-state index contributed by atoms with van der Waals surface area (Å²) in [5.74, 6) is 0.252. The van der Waals surface area contributed by atoms with Crippen LogP contribution in [0.1, 0.15) is 0 Å². The van der Waals surface area contributed by atoms with Crippen molar-refractivity contribution >= 4 is 14.2 Å². The van der Waals surface area contributed by atoms with Crippen molar-refractivity contribution in [2.45, 2.75) is 0 Å². The van der Waals surface area contributed by atoms with E-state index in [4.69, 9.17) is 0 Å². The number of fused-ring (bicyclic) bond motifs is 1. The van der Waals surface area contributed by atoms with Crippen LogP contribution in [0.15, 0.2) is 40.2 Å². The van der Waals surface area contributed by atoms with Gasteiger partial charge in [-0.15, -0.1) is 0 Å². The molecule has 3 rings (SSSR count). The number of nitrogens with zero attached hydrogens (tertiary/aromatic N) is 4. The number of rotatable bonds is 2. The quantitative estimate of drug-likeness (QED) is 0.501. The summed E-state index contributed by atoms with van der Waals surface area (Å²) < 4.78 is 5.20. The fourth-order valence-corrected chi connectivity index (χ4v) is 8.12. The van der Waals surface area contributed by atoms with Crippen molar-refractivity contribution in [3.63, 3.8) is 0 Å². The van der Waals surface area contributed by atoms with E-state index in [9.17, 15) is 14.7 Å². The molecule has 0 aliphatic carbocycles. The number of imidazole rings is 1. The van der Waals surface area contributed by atoms with Crippen LogP contribution in [0.2, 0.25) is 0 Å². The van der Waals surface area contributed by atoms with Gasteiger partial charge in [0.05, 0.1) is 0 Å². The van der Waals surface area contributed by atoms with Gasteiger partial charge in [0.2, 0.25) is 0 Å². The average Bonchev–Trinajstić information content (AvgIpc) is 2.89. The van der Waals surface area contributed by atoms with Crippen LogP contribution in [0.3, 0.4) is 0 Å². The van der Waals surface area contributed by atoms with Gasteiger partial charge < -0.3 is 0 Å². The molecule has 0 aliphatic rings. The van der Waals surface area contributed by atoms with Gasteiger partial charge in [-0.1, -0.05) is 0 Å². The minimum atomic E-state index is -1.99. The van der Waals surface area contributed by atoms with Crippen LogP contribution in [-0.4, -0.2) is 21.6 Å².